The van der Waals surface area contributed by atoms with E-state index in [2.05, 4.69) is 4.98 Å². The first kappa shape index (κ1) is 19.9. The largest absolute Gasteiger partial charge is 0.382 e. The van der Waals surface area contributed by atoms with Crippen LogP contribution < -0.4 is 5.73 Å². The number of fused-ring (bicyclic) bond motifs is 1. The van der Waals surface area contributed by atoms with E-state index >= 15 is 0 Å². The van der Waals surface area contributed by atoms with Gasteiger partial charge in [-0.2, -0.15) is 0 Å². The maximum Gasteiger partial charge on any atom is 0.254 e. The van der Waals surface area contributed by atoms with E-state index in [1.54, 1.807) is 17.3 Å². The van der Waals surface area contributed by atoms with Gasteiger partial charge in [-0.15, -0.1) is 11.8 Å². The van der Waals surface area contributed by atoms with Crippen molar-refractivity contribution >= 4 is 23.6 Å². The molecule has 0 saturated carbocycles. The minimum atomic E-state index is -1.35. The highest BCUT2D eigenvalue weighted by molar-refractivity contribution is 8.01. The molecule has 2 amide bonds. The summed E-state index contributed by atoms with van der Waals surface area (Å²) in [4.78, 5) is 32.5. The minimum Gasteiger partial charge on any atom is -0.382 e. The van der Waals surface area contributed by atoms with E-state index in [0.717, 1.165) is 11.1 Å². The van der Waals surface area contributed by atoms with Crippen molar-refractivity contribution < 1.29 is 14.7 Å². The molecule has 2 saturated heterocycles. The van der Waals surface area contributed by atoms with Gasteiger partial charge in [-0.1, -0.05) is 30.3 Å². The number of rotatable bonds is 6. The van der Waals surface area contributed by atoms with E-state index in [4.69, 9.17) is 5.73 Å². The first-order valence-corrected chi connectivity index (χ1v) is 10.5. The monoisotopic (exact) mass is 412 g/mol. The van der Waals surface area contributed by atoms with Crippen LogP contribution in [-0.4, -0.2) is 60.6 Å². The van der Waals surface area contributed by atoms with Gasteiger partial charge in [0.1, 0.15) is 17.0 Å². The number of nitrogens with zero attached hydrogens (tertiary/aromatic N) is 3. The average molecular weight is 413 g/mol. The Morgan fingerprint density at radius 3 is 2.66 bits per heavy atom. The first-order valence-electron chi connectivity index (χ1n) is 9.54. The van der Waals surface area contributed by atoms with Gasteiger partial charge in [0.15, 0.2) is 0 Å². The molecule has 2 fully saturated rings. The fourth-order valence-corrected chi connectivity index (χ4v) is 5.35. The molecule has 0 radical (unpaired) electrons. The number of aliphatic hydroxyl groups excluding tert-OH is 1. The normalized spacial score (nSPS) is 25.3. The quantitative estimate of drug-likeness (QED) is 0.686. The molecular weight excluding hydrogens is 388 g/mol. The molecule has 1 aromatic heterocycles. The van der Waals surface area contributed by atoms with Gasteiger partial charge < -0.3 is 20.6 Å². The standard InChI is InChI=1S/C21H24N4O3S/c1-21-18(20(28)25(21)12-15-7-9-23-10-8-15)24(13-29-21)19(27)17(26)16(22)11-14-5-3-2-4-6-14/h2-10,16-18,26H,11-13,22H2,1H3/t16-,17-,18+,21?/m0/s1. The van der Waals surface area contributed by atoms with Gasteiger partial charge in [-0.25, -0.2) is 0 Å². The Hall–Kier alpha value is -2.42. The number of aliphatic hydroxyl groups is 1. The second-order valence-corrected chi connectivity index (χ2v) is 8.99. The Balaban J connectivity index is 1.43. The molecule has 8 heteroatoms. The minimum absolute atomic E-state index is 0.105. The van der Waals surface area contributed by atoms with Crippen molar-refractivity contribution in [3.63, 3.8) is 0 Å². The second-order valence-electron chi connectivity index (χ2n) is 7.62. The zero-order chi connectivity index (χ0) is 20.6. The third kappa shape index (κ3) is 3.52. The first-order chi connectivity index (χ1) is 13.9. The molecular formula is C21H24N4O3S. The van der Waals surface area contributed by atoms with Crippen molar-refractivity contribution in [2.75, 3.05) is 5.88 Å². The van der Waals surface area contributed by atoms with E-state index in [-0.39, 0.29) is 5.91 Å². The summed E-state index contributed by atoms with van der Waals surface area (Å²) in [6.45, 7) is 2.44. The number of likely N-dealkylation sites (tertiary alicyclic amines) is 1. The summed E-state index contributed by atoms with van der Waals surface area (Å²) in [5.74, 6) is -0.230. The number of hydrogen-bond acceptors (Lipinski definition) is 6. The Morgan fingerprint density at radius 2 is 1.97 bits per heavy atom. The third-order valence-corrected chi connectivity index (χ3v) is 7.13. The van der Waals surface area contributed by atoms with Crippen LogP contribution in [0, 0.1) is 0 Å². The smallest absolute Gasteiger partial charge is 0.254 e. The van der Waals surface area contributed by atoms with Crippen LogP contribution in [0.5, 0.6) is 0 Å². The fourth-order valence-electron chi connectivity index (χ4n) is 3.98. The van der Waals surface area contributed by atoms with Crippen molar-refractivity contribution in [2.45, 2.75) is 42.9 Å². The van der Waals surface area contributed by atoms with Crippen molar-refractivity contribution in [3.05, 3.63) is 66.0 Å². The number of carbonyl (C=O) groups is 2. The molecule has 2 aliphatic rings. The highest BCUT2D eigenvalue weighted by Gasteiger charge is 2.65. The number of hydrogen-bond donors (Lipinski definition) is 2. The molecule has 2 aliphatic heterocycles. The van der Waals surface area contributed by atoms with Gasteiger partial charge in [0.25, 0.3) is 5.91 Å². The summed E-state index contributed by atoms with van der Waals surface area (Å²) in [6.07, 6.45) is 2.43. The lowest BCUT2D eigenvalue weighted by Gasteiger charge is -2.52. The van der Waals surface area contributed by atoms with Crippen LogP contribution in [0.4, 0.5) is 0 Å². The Labute approximate surface area is 173 Å². The van der Waals surface area contributed by atoms with Gasteiger partial charge in [-0.05, 0) is 36.6 Å². The molecule has 7 nitrogen and oxygen atoms in total. The number of β-lactam (4-membered cyclic amide) rings is 1. The van der Waals surface area contributed by atoms with E-state index in [1.165, 1.54) is 16.7 Å². The summed E-state index contributed by atoms with van der Waals surface area (Å²) in [5.41, 5.74) is 8.05. The maximum absolute atomic E-state index is 12.9. The van der Waals surface area contributed by atoms with E-state index in [9.17, 15) is 14.7 Å². The topological polar surface area (TPSA) is 99.8 Å². The Kier molecular flexibility index (Phi) is 5.33. The molecule has 3 heterocycles. The second kappa shape index (κ2) is 7.78. The molecule has 152 valence electrons. The van der Waals surface area contributed by atoms with E-state index < -0.39 is 29.0 Å². The van der Waals surface area contributed by atoms with Gasteiger partial charge in [0, 0.05) is 25.0 Å². The highest BCUT2D eigenvalue weighted by atomic mass is 32.2. The van der Waals surface area contributed by atoms with Crippen LogP contribution in [0.3, 0.4) is 0 Å². The SMILES string of the molecule is CC12SCN(C(=O)[C@@H](O)[C@@H](N)Cc3ccccc3)[C@@H]1C(=O)N2Cc1ccncc1. The number of benzene rings is 1. The van der Waals surface area contributed by atoms with Gasteiger partial charge in [0.2, 0.25) is 5.91 Å². The molecule has 0 bridgehead atoms. The van der Waals surface area contributed by atoms with Crippen LogP contribution in [0.15, 0.2) is 54.9 Å². The van der Waals surface area contributed by atoms with Crippen LogP contribution in [-0.2, 0) is 22.6 Å². The summed E-state index contributed by atoms with van der Waals surface area (Å²) in [7, 11) is 0. The van der Waals surface area contributed by atoms with Crippen molar-refractivity contribution in [3.8, 4) is 0 Å². The predicted molar refractivity (Wildman–Crippen MR) is 110 cm³/mol. The summed E-state index contributed by atoms with van der Waals surface area (Å²) < 4.78 is 0. The molecule has 0 aliphatic carbocycles. The zero-order valence-corrected chi connectivity index (χ0v) is 17.0. The van der Waals surface area contributed by atoms with Gasteiger partial charge >= 0.3 is 0 Å². The third-order valence-electron chi connectivity index (χ3n) is 5.70. The lowest BCUT2D eigenvalue weighted by atomic mass is 9.92. The molecule has 4 atom stereocenters. The van der Waals surface area contributed by atoms with Crippen LogP contribution >= 0.6 is 11.8 Å². The number of nitrogens with two attached hydrogens (primary N) is 1. The molecule has 2 aromatic rings. The number of thioether (sulfide) groups is 1. The lowest BCUT2D eigenvalue weighted by molar-refractivity contribution is -0.168. The molecule has 0 spiro atoms. The Morgan fingerprint density at radius 1 is 1.28 bits per heavy atom. The van der Waals surface area contributed by atoms with Crippen molar-refractivity contribution in [2.24, 2.45) is 5.73 Å². The number of carbonyl (C=O) groups excluding carboxylic acids is 2. The lowest BCUT2D eigenvalue weighted by Crippen LogP contribution is -2.73. The molecule has 4 rings (SSSR count). The molecule has 1 unspecified atom stereocenters. The van der Waals surface area contributed by atoms with Crippen LogP contribution in [0.2, 0.25) is 0 Å². The van der Waals surface area contributed by atoms with E-state index in [1.807, 2.05) is 49.4 Å². The molecule has 29 heavy (non-hydrogen) atoms. The fraction of sp³-hybridized carbons (Fsp3) is 0.381. The number of aromatic nitrogens is 1. The summed E-state index contributed by atoms with van der Waals surface area (Å²) >= 11 is 1.54. The van der Waals surface area contributed by atoms with Crippen molar-refractivity contribution in [1.29, 1.82) is 0 Å². The predicted octanol–water partition coefficient (Wildman–Crippen LogP) is 0.972. The van der Waals surface area contributed by atoms with Gasteiger partial charge in [0.05, 0.1) is 5.88 Å². The number of pyridine rings is 1. The van der Waals surface area contributed by atoms with Gasteiger partial charge in [-0.3, -0.25) is 14.6 Å². The number of amides is 2. The Bertz CT molecular complexity index is 897. The van der Waals surface area contributed by atoms with Crippen LogP contribution in [0.1, 0.15) is 18.1 Å². The summed E-state index contributed by atoms with van der Waals surface area (Å²) in [6, 6.07) is 12.0. The zero-order valence-electron chi connectivity index (χ0n) is 16.1. The maximum atomic E-state index is 12.9. The van der Waals surface area contributed by atoms with Crippen LogP contribution in [0.25, 0.3) is 0 Å². The van der Waals surface area contributed by atoms with Crippen molar-refractivity contribution in [1.82, 2.24) is 14.8 Å². The molecule has 1 aromatic carbocycles. The average Bonchev–Trinajstić information content (AvgIpc) is 3.06. The molecule has 3 N–H and O–H groups in total. The summed E-state index contributed by atoms with van der Waals surface area (Å²) in [5, 5.41) is 10.6. The van der Waals surface area contributed by atoms with E-state index in [0.29, 0.717) is 18.8 Å². The highest BCUT2D eigenvalue weighted by Crippen LogP contribution is 2.51.